The minimum Gasteiger partial charge on any atom is -0.470 e. The van der Waals surface area contributed by atoms with Crippen molar-refractivity contribution in [2.45, 2.75) is 43.2 Å². The summed E-state index contributed by atoms with van der Waals surface area (Å²) in [4.78, 5) is 7.99. The first-order valence-electron chi connectivity index (χ1n) is 12.1. The number of sulfonamides is 1. The normalized spacial score (nSPS) is 27.5. The van der Waals surface area contributed by atoms with E-state index < -0.39 is 16.1 Å². The monoisotopic (exact) mass is 533 g/mol. The van der Waals surface area contributed by atoms with E-state index in [9.17, 15) is 13.5 Å². The summed E-state index contributed by atoms with van der Waals surface area (Å²) in [6.45, 7) is 1.70. The van der Waals surface area contributed by atoms with Gasteiger partial charge in [0.15, 0.2) is 12.0 Å². The van der Waals surface area contributed by atoms with Crippen LogP contribution in [0.3, 0.4) is 0 Å². The SMILES string of the molecule is CS(=O)(=O)N1CCC(c2ccc(-c3nc4cc(O[C@@H]5COC6C5OC[C@H]6O)[nH]c4cc3Cl)cc2)CC1. The third-order valence-corrected chi connectivity index (χ3v) is 8.96. The first kappa shape index (κ1) is 24.1. The predicted molar refractivity (Wildman–Crippen MR) is 135 cm³/mol. The highest BCUT2D eigenvalue weighted by atomic mass is 35.5. The molecule has 3 aliphatic rings. The minimum absolute atomic E-state index is 0.251. The number of hydrogen-bond donors (Lipinski definition) is 2. The Morgan fingerprint density at radius 1 is 1.11 bits per heavy atom. The third-order valence-electron chi connectivity index (χ3n) is 7.37. The Morgan fingerprint density at radius 2 is 1.83 bits per heavy atom. The van der Waals surface area contributed by atoms with E-state index in [1.54, 1.807) is 4.31 Å². The van der Waals surface area contributed by atoms with E-state index in [0.29, 0.717) is 42.2 Å². The second-order valence-electron chi connectivity index (χ2n) is 9.76. The Bertz CT molecular complexity index is 1370. The lowest BCUT2D eigenvalue weighted by Gasteiger charge is -2.30. The van der Waals surface area contributed by atoms with Gasteiger partial charge in [-0.25, -0.2) is 17.7 Å². The number of aliphatic hydroxyl groups is 1. The first-order valence-corrected chi connectivity index (χ1v) is 14.3. The average molecular weight is 534 g/mol. The third kappa shape index (κ3) is 4.51. The van der Waals surface area contributed by atoms with Gasteiger partial charge in [-0.3, -0.25) is 0 Å². The maximum atomic E-state index is 11.8. The Hall–Kier alpha value is -2.21. The van der Waals surface area contributed by atoms with Gasteiger partial charge in [-0.2, -0.15) is 0 Å². The first-order chi connectivity index (χ1) is 17.3. The molecule has 2 aromatic heterocycles. The zero-order valence-corrected chi connectivity index (χ0v) is 21.3. The van der Waals surface area contributed by atoms with E-state index in [0.717, 1.165) is 29.4 Å². The molecule has 3 aromatic rings. The number of H-pyrrole nitrogens is 1. The molecule has 36 heavy (non-hydrogen) atoms. The van der Waals surface area contributed by atoms with Crippen LogP contribution in [0.2, 0.25) is 5.02 Å². The predicted octanol–water partition coefficient (Wildman–Crippen LogP) is 2.93. The largest absolute Gasteiger partial charge is 0.470 e. The Morgan fingerprint density at radius 3 is 2.56 bits per heavy atom. The fourth-order valence-electron chi connectivity index (χ4n) is 5.41. The number of nitrogens with one attached hydrogen (secondary N) is 1. The molecule has 0 aliphatic carbocycles. The molecule has 192 valence electrons. The highest BCUT2D eigenvalue weighted by molar-refractivity contribution is 7.88. The summed E-state index contributed by atoms with van der Waals surface area (Å²) in [5, 5.41) is 10.5. The van der Waals surface area contributed by atoms with Crippen molar-refractivity contribution in [2.75, 3.05) is 32.6 Å². The van der Waals surface area contributed by atoms with Crippen LogP contribution in [0.15, 0.2) is 36.4 Å². The van der Waals surface area contributed by atoms with E-state index in [-0.39, 0.29) is 24.9 Å². The second-order valence-corrected chi connectivity index (χ2v) is 12.2. The molecule has 1 aromatic carbocycles. The van der Waals surface area contributed by atoms with Crippen LogP contribution in [0.5, 0.6) is 5.88 Å². The van der Waals surface area contributed by atoms with Crippen LogP contribution < -0.4 is 4.74 Å². The van der Waals surface area contributed by atoms with Crippen LogP contribution in [0.4, 0.5) is 0 Å². The van der Waals surface area contributed by atoms with Crippen molar-refractivity contribution in [2.24, 2.45) is 0 Å². The van der Waals surface area contributed by atoms with Gasteiger partial charge in [0.2, 0.25) is 10.0 Å². The molecule has 4 atom stereocenters. The van der Waals surface area contributed by atoms with Gasteiger partial charge >= 0.3 is 0 Å². The van der Waals surface area contributed by atoms with E-state index in [2.05, 4.69) is 17.1 Å². The van der Waals surface area contributed by atoms with E-state index in [1.807, 2.05) is 24.3 Å². The summed E-state index contributed by atoms with van der Waals surface area (Å²) < 4.78 is 42.5. The number of rotatable bonds is 5. The number of hydrogen-bond acceptors (Lipinski definition) is 7. The molecular formula is C25H28ClN3O6S. The smallest absolute Gasteiger partial charge is 0.211 e. The van der Waals surface area contributed by atoms with E-state index in [1.165, 1.54) is 11.8 Å². The molecule has 0 spiro atoms. The van der Waals surface area contributed by atoms with Crippen molar-refractivity contribution in [3.8, 4) is 17.1 Å². The lowest BCUT2D eigenvalue weighted by Crippen LogP contribution is -2.37. The molecule has 9 nitrogen and oxygen atoms in total. The number of nitrogens with zero attached hydrogens (tertiary/aromatic N) is 2. The van der Waals surface area contributed by atoms with Gasteiger partial charge < -0.3 is 24.3 Å². The molecule has 3 saturated heterocycles. The highest BCUT2D eigenvalue weighted by Crippen LogP contribution is 2.35. The Balaban J connectivity index is 1.17. The van der Waals surface area contributed by atoms with E-state index in [4.69, 9.17) is 30.8 Å². The van der Waals surface area contributed by atoms with Crippen LogP contribution in [0.1, 0.15) is 24.3 Å². The number of benzene rings is 1. The zero-order valence-electron chi connectivity index (χ0n) is 19.8. The molecular weight excluding hydrogens is 506 g/mol. The van der Waals surface area contributed by atoms with Gasteiger partial charge in [0.05, 0.1) is 41.2 Å². The fraction of sp³-hybridized carbons (Fsp3) is 0.480. The highest BCUT2D eigenvalue weighted by Gasteiger charge is 2.48. The lowest BCUT2D eigenvalue weighted by atomic mass is 9.89. The number of pyridine rings is 1. The lowest BCUT2D eigenvalue weighted by molar-refractivity contribution is 0.00794. The van der Waals surface area contributed by atoms with Crippen molar-refractivity contribution in [3.05, 3.63) is 47.0 Å². The number of piperidine rings is 1. The summed E-state index contributed by atoms with van der Waals surface area (Å²) in [6, 6.07) is 11.9. The summed E-state index contributed by atoms with van der Waals surface area (Å²) in [5.41, 5.74) is 4.26. The maximum absolute atomic E-state index is 11.8. The molecule has 11 heteroatoms. The standard InChI is InChI=1S/C25H28ClN3O6S/c1-36(31,32)29-8-6-15(7-9-29)14-2-4-16(5-3-14)23-17(26)10-18-19(28-23)11-22(27-18)35-21-13-34-24-20(30)12-33-25(21)24/h2-5,10-11,15,20-21,24-25,27,30H,6-9,12-13H2,1H3/t20-,21-,24?,25?/m1/s1. The van der Waals surface area contributed by atoms with Gasteiger partial charge in [0.1, 0.15) is 18.3 Å². The number of aromatic nitrogens is 2. The van der Waals surface area contributed by atoms with Gasteiger partial charge in [0, 0.05) is 24.7 Å². The molecule has 6 rings (SSSR count). The van der Waals surface area contributed by atoms with Crippen molar-refractivity contribution in [1.82, 2.24) is 14.3 Å². The number of ether oxygens (including phenoxy) is 3. The number of fused-ring (bicyclic) bond motifs is 2. The fourth-order valence-corrected chi connectivity index (χ4v) is 6.55. The van der Waals surface area contributed by atoms with Gasteiger partial charge in [-0.05, 0) is 30.4 Å². The number of halogens is 1. The van der Waals surface area contributed by atoms with E-state index >= 15 is 0 Å². The quantitative estimate of drug-likeness (QED) is 0.518. The summed E-state index contributed by atoms with van der Waals surface area (Å²) in [7, 11) is -3.13. The molecule has 3 fully saturated rings. The average Bonchev–Trinajstić information content (AvgIpc) is 3.55. The van der Waals surface area contributed by atoms with Crippen molar-refractivity contribution in [3.63, 3.8) is 0 Å². The zero-order chi connectivity index (χ0) is 25.0. The summed E-state index contributed by atoms with van der Waals surface area (Å²) in [6.07, 6.45) is 1.29. The van der Waals surface area contributed by atoms with Crippen LogP contribution in [-0.2, 0) is 19.5 Å². The van der Waals surface area contributed by atoms with Crippen molar-refractivity contribution in [1.29, 1.82) is 0 Å². The summed E-state index contributed by atoms with van der Waals surface area (Å²) in [5.74, 6) is 0.872. The van der Waals surface area contributed by atoms with Crippen molar-refractivity contribution >= 4 is 32.7 Å². The molecule has 3 aliphatic heterocycles. The summed E-state index contributed by atoms with van der Waals surface area (Å²) >= 11 is 6.60. The molecule has 0 bridgehead atoms. The second kappa shape index (κ2) is 9.27. The maximum Gasteiger partial charge on any atom is 0.211 e. The van der Waals surface area contributed by atoms with Crippen molar-refractivity contribution < 1.29 is 27.7 Å². The Labute approximate surface area is 214 Å². The minimum atomic E-state index is -3.13. The van der Waals surface area contributed by atoms with Crippen LogP contribution in [0.25, 0.3) is 22.3 Å². The van der Waals surface area contributed by atoms with Gasteiger partial charge in [0.25, 0.3) is 0 Å². The van der Waals surface area contributed by atoms with Crippen LogP contribution >= 0.6 is 11.6 Å². The molecule has 0 radical (unpaired) electrons. The van der Waals surface area contributed by atoms with Gasteiger partial charge in [-0.1, -0.05) is 35.9 Å². The molecule has 0 saturated carbocycles. The van der Waals surface area contributed by atoms with Crippen LogP contribution in [-0.4, -0.2) is 84.8 Å². The van der Waals surface area contributed by atoms with Gasteiger partial charge in [-0.15, -0.1) is 0 Å². The number of aliphatic hydroxyl groups excluding tert-OH is 1. The molecule has 5 heterocycles. The molecule has 2 unspecified atom stereocenters. The Kier molecular flexibility index (Phi) is 6.22. The molecule has 2 N–H and O–H groups in total. The molecule has 0 amide bonds. The topological polar surface area (TPSA) is 114 Å². The van der Waals surface area contributed by atoms with Crippen LogP contribution in [0, 0.1) is 0 Å². The number of aromatic amines is 1.